The molecule has 0 bridgehead atoms. The Labute approximate surface area is 110 Å². The van der Waals surface area contributed by atoms with Crippen molar-refractivity contribution in [3.63, 3.8) is 0 Å². The average Bonchev–Trinajstić information content (AvgIpc) is 2.46. The summed E-state index contributed by atoms with van der Waals surface area (Å²) in [5.74, 6) is 0. The van der Waals surface area contributed by atoms with E-state index in [4.69, 9.17) is 0 Å². The highest BCUT2D eigenvalue weighted by atomic mass is 16.3. The van der Waals surface area contributed by atoms with E-state index in [1.807, 2.05) is 6.08 Å². The third kappa shape index (κ3) is 3.69. The molecule has 0 amide bonds. The van der Waals surface area contributed by atoms with Gasteiger partial charge in [0.15, 0.2) is 0 Å². The fraction of sp³-hybridized carbons (Fsp3) is 0.500. The molecule has 1 atom stereocenters. The fourth-order valence-electron chi connectivity index (χ4n) is 2.52. The van der Waals surface area contributed by atoms with Crippen LogP contribution < -0.4 is 0 Å². The van der Waals surface area contributed by atoms with E-state index in [0.29, 0.717) is 0 Å². The van der Waals surface area contributed by atoms with Crippen LogP contribution in [-0.4, -0.2) is 29.3 Å². The number of benzene rings is 1. The summed E-state index contributed by atoms with van der Waals surface area (Å²) < 4.78 is 0. The first-order valence-corrected chi connectivity index (χ1v) is 6.93. The van der Waals surface area contributed by atoms with Gasteiger partial charge in [0, 0.05) is 13.1 Å². The molecule has 0 saturated carbocycles. The molecule has 1 aromatic rings. The first kappa shape index (κ1) is 13.3. The maximum atomic E-state index is 10.1. The van der Waals surface area contributed by atoms with E-state index in [0.717, 1.165) is 31.5 Å². The van der Waals surface area contributed by atoms with Gasteiger partial charge in [-0.05, 0) is 36.8 Å². The van der Waals surface area contributed by atoms with E-state index in [1.165, 1.54) is 24.8 Å². The van der Waals surface area contributed by atoms with Gasteiger partial charge in [0.25, 0.3) is 0 Å². The summed E-state index contributed by atoms with van der Waals surface area (Å²) in [6, 6.07) is 8.41. The zero-order valence-electron chi connectivity index (χ0n) is 11.0. The van der Waals surface area contributed by atoms with Crippen LogP contribution in [0, 0.1) is 0 Å². The zero-order valence-corrected chi connectivity index (χ0v) is 11.0. The molecule has 1 saturated heterocycles. The van der Waals surface area contributed by atoms with E-state index in [-0.39, 0.29) is 6.23 Å². The van der Waals surface area contributed by atoms with Crippen LogP contribution in [0.2, 0.25) is 0 Å². The number of piperidine rings is 1. The van der Waals surface area contributed by atoms with Crippen molar-refractivity contribution in [2.45, 2.75) is 38.3 Å². The van der Waals surface area contributed by atoms with Crippen molar-refractivity contribution in [2.75, 3.05) is 13.1 Å². The lowest BCUT2D eigenvalue weighted by Gasteiger charge is -2.31. The second-order valence-electron chi connectivity index (χ2n) is 5.06. The third-order valence-electron chi connectivity index (χ3n) is 3.72. The van der Waals surface area contributed by atoms with Crippen molar-refractivity contribution in [1.82, 2.24) is 4.90 Å². The summed E-state index contributed by atoms with van der Waals surface area (Å²) >= 11 is 0. The van der Waals surface area contributed by atoms with Crippen molar-refractivity contribution in [2.24, 2.45) is 0 Å². The predicted molar refractivity (Wildman–Crippen MR) is 76.3 cm³/mol. The van der Waals surface area contributed by atoms with Crippen LogP contribution in [0.15, 0.2) is 30.8 Å². The van der Waals surface area contributed by atoms with E-state index < -0.39 is 0 Å². The molecule has 2 nitrogen and oxygen atoms in total. The molecule has 98 valence electrons. The molecule has 2 heteroatoms. The van der Waals surface area contributed by atoms with Gasteiger partial charge in [0.05, 0.1) is 0 Å². The van der Waals surface area contributed by atoms with E-state index >= 15 is 0 Å². The Morgan fingerprint density at radius 1 is 1.17 bits per heavy atom. The minimum Gasteiger partial charge on any atom is -0.378 e. The van der Waals surface area contributed by atoms with Crippen LogP contribution in [0.3, 0.4) is 0 Å². The normalized spacial score (nSPS) is 18.5. The standard InChI is InChI=1S/C16H23NO/c1-2-14-6-8-15(9-7-14)10-11-16(18)17-12-4-3-5-13-17/h2,6-9,16,18H,1,3-5,10-13H2. The summed E-state index contributed by atoms with van der Waals surface area (Å²) in [7, 11) is 0. The molecular formula is C16H23NO. The SMILES string of the molecule is C=Cc1ccc(CCC(O)N2CCCCC2)cc1. The van der Waals surface area contributed by atoms with Crippen LogP contribution in [0.4, 0.5) is 0 Å². The molecular weight excluding hydrogens is 222 g/mol. The first-order chi connectivity index (χ1) is 8.79. The Bertz CT molecular complexity index is 365. The van der Waals surface area contributed by atoms with E-state index in [1.54, 1.807) is 0 Å². The lowest BCUT2D eigenvalue weighted by Crippen LogP contribution is -2.39. The monoisotopic (exact) mass is 245 g/mol. The maximum Gasteiger partial charge on any atom is 0.107 e. The molecule has 1 N–H and O–H groups in total. The first-order valence-electron chi connectivity index (χ1n) is 6.93. The van der Waals surface area contributed by atoms with Gasteiger partial charge in [-0.25, -0.2) is 0 Å². The Morgan fingerprint density at radius 3 is 2.44 bits per heavy atom. The van der Waals surface area contributed by atoms with Crippen molar-refractivity contribution < 1.29 is 5.11 Å². The molecule has 1 aromatic carbocycles. The number of aryl methyl sites for hydroxylation is 1. The second-order valence-corrected chi connectivity index (χ2v) is 5.06. The summed E-state index contributed by atoms with van der Waals surface area (Å²) in [5.41, 5.74) is 2.44. The molecule has 1 unspecified atom stereocenters. The number of likely N-dealkylation sites (tertiary alicyclic amines) is 1. The third-order valence-corrected chi connectivity index (χ3v) is 3.72. The number of nitrogens with zero attached hydrogens (tertiary/aromatic N) is 1. The molecule has 18 heavy (non-hydrogen) atoms. The molecule has 0 aromatic heterocycles. The minimum atomic E-state index is -0.274. The highest BCUT2D eigenvalue weighted by Crippen LogP contribution is 2.15. The van der Waals surface area contributed by atoms with Crippen molar-refractivity contribution in [3.05, 3.63) is 42.0 Å². The number of hydrogen-bond acceptors (Lipinski definition) is 2. The summed E-state index contributed by atoms with van der Waals surface area (Å²) in [4.78, 5) is 2.21. The molecule has 1 aliphatic heterocycles. The molecule has 2 rings (SSSR count). The topological polar surface area (TPSA) is 23.5 Å². The Kier molecular flexibility index (Phi) is 4.97. The van der Waals surface area contributed by atoms with E-state index in [2.05, 4.69) is 35.7 Å². The molecule has 0 radical (unpaired) electrons. The number of hydrogen-bond donors (Lipinski definition) is 1. The van der Waals surface area contributed by atoms with Crippen LogP contribution in [-0.2, 0) is 6.42 Å². The Hall–Kier alpha value is -1.12. The lowest BCUT2D eigenvalue weighted by atomic mass is 10.1. The summed E-state index contributed by atoms with van der Waals surface area (Å²) in [6.45, 7) is 5.85. The number of aliphatic hydroxyl groups is 1. The van der Waals surface area contributed by atoms with Gasteiger partial charge < -0.3 is 5.11 Å². The molecule has 0 spiro atoms. The highest BCUT2D eigenvalue weighted by Gasteiger charge is 2.17. The summed E-state index contributed by atoms with van der Waals surface area (Å²) in [5, 5.41) is 10.1. The minimum absolute atomic E-state index is 0.274. The molecule has 1 fully saturated rings. The van der Waals surface area contributed by atoms with Gasteiger partial charge in [-0.1, -0.05) is 43.3 Å². The van der Waals surface area contributed by atoms with Gasteiger partial charge in [-0.3, -0.25) is 4.90 Å². The highest BCUT2D eigenvalue weighted by molar-refractivity contribution is 5.47. The Balaban J connectivity index is 1.80. The average molecular weight is 245 g/mol. The van der Waals surface area contributed by atoms with Crippen molar-refractivity contribution >= 4 is 6.08 Å². The fourth-order valence-corrected chi connectivity index (χ4v) is 2.52. The van der Waals surface area contributed by atoms with Gasteiger partial charge in [0.2, 0.25) is 0 Å². The van der Waals surface area contributed by atoms with Crippen LogP contribution in [0.5, 0.6) is 0 Å². The molecule has 0 aliphatic carbocycles. The maximum absolute atomic E-state index is 10.1. The molecule has 1 aliphatic rings. The van der Waals surface area contributed by atoms with Crippen LogP contribution in [0.25, 0.3) is 6.08 Å². The van der Waals surface area contributed by atoms with Crippen LogP contribution in [0.1, 0.15) is 36.8 Å². The lowest BCUT2D eigenvalue weighted by molar-refractivity contribution is -0.0130. The zero-order chi connectivity index (χ0) is 12.8. The quantitative estimate of drug-likeness (QED) is 0.862. The molecule has 1 heterocycles. The van der Waals surface area contributed by atoms with Crippen LogP contribution >= 0.6 is 0 Å². The van der Waals surface area contributed by atoms with Gasteiger partial charge >= 0.3 is 0 Å². The van der Waals surface area contributed by atoms with Gasteiger partial charge in [-0.2, -0.15) is 0 Å². The Morgan fingerprint density at radius 2 is 1.83 bits per heavy atom. The summed E-state index contributed by atoms with van der Waals surface area (Å²) in [6.07, 6.45) is 7.11. The van der Waals surface area contributed by atoms with Crippen molar-refractivity contribution in [1.29, 1.82) is 0 Å². The van der Waals surface area contributed by atoms with E-state index in [9.17, 15) is 5.11 Å². The van der Waals surface area contributed by atoms with Gasteiger partial charge in [0.1, 0.15) is 6.23 Å². The smallest absolute Gasteiger partial charge is 0.107 e. The number of rotatable bonds is 5. The van der Waals surface area contributed by atoms with Crippen molar-refractivity contribution in [3.8, 4) is 0 Å². The number of aliphatic hydroxyl groups excluding tert-OH is 1. The predicted octanol–water partition coefficient (Wildman–Crippen LogP) is 3.07. The van der Waals surface area contributed by atoms with Gasteiger partial charge in [-0.15, -0.1) is 0 Å². The second kappa shape index (κ2) is 6.72. The largest absolute Gasteiger partial charge is 0.378 e.